The molecular formula is C18H16FN7O. The molecule has 0 saturated carbocycles. The smallest absolute Gasteiger partial charge is 0.269 e. The number of benzene rings is 1. The number of anilines is 1. The van der Waals surface area contributed by atoms with E-state index in [2.05, 4.69) is 30.9 Å². The average molecular weight is 365 g/mol. The number of hydrogen-bond acceptors (Lipinski definition) is 5. The summed E-state index contributed by atoms with van der Waals surface area (Å²) in [5.74, 6) is -0.487. The van der Waals surface area contributed by atoms with Crippen molar-refractivity contribution in [2.24, 2.45) is 0 Å². The zero-order valence-electron chi connectivity index (χ0n) is 14.7. The van der Waals surface area contributed by atoms with E-state index in [1.807, 2.05) is 29.7 Å². The van der Waals surface area contributed by atoms with Crippen LogP contribution in [0.25, 0.3) is 16.9 Å². The molecule has 0 aliphatic heterocycles. The fraction of sp³-hybridized carbons (Fsp3) is 0.167. The lowest BCUT2D eigenvalue weighted by molar-refractivity contribution is -0.115. The first-order chi connectivity index (χ1) is 13.0. The molecule has 2 N–H and O–H groups in total. The quantitative estimate of drug-likeness (QED) is 0.578. The van der Waals surface area contributed by atoms with Crippen LogP contribution in [0.3, 0.4) is 0 Å². The predicted molar refractivity (Wildman–Crippen MR) is 96.6 cm³/mol. The van der Waals surface area contributed by atoms with Crippen LogP contribution in [0.5, 0.6) is 0 Å². The van der Waals surface area contributed by atoms with Gasteiger partial charge >= 0.3 is 0 Å². The number of amides is 1. The van der Waals surface area contributed by atoms with Gasteiger partial charge in [-0.05, 0) is 54.5 Å². The lowest BCUT2D eigenvalue weighted by atomic mass is 10.1. The number of nitrogens with zero attached hydrogens (tertiary/aromatic N) is 5. The molecule has 0 saturated heterocycles. The van der Waals surface area contributed by atoms with Gasteiger partial charge in [-0.1, -0.05) is 11.2 Å². The maximum Gasteiger partial charge on any atom is 0.269 e. The van der Waals surface area contributed by atoms with Gasteiger partial charge in [-0.3, -0.25) is 10.1 Å². The molecule has 0 atom stereocenters. The first kappa shape index (κ1) is 16.8. The van der Waals surface area contributed by atoms with Crippen molar-refractivity contribution < 1.29 is 9.18 Å². The lowest BCUT2D eigenvalue weighted by Gasteiger charge is -2.07. The van der Waals surface area contributed by atoms with Crippen molar-refractivity contribution in [2.45, 2.75) is 20.3 Å². The summed E-state index contributed by atoms with van der Waals surface area (Å²) in [6.07, 6.45) is 1.96. The molecule has 1 amide bonds. The van der Waals surface area contributed by atoms with Gasteiger partial charge in [0.05, 0.1) is 17.8 Å². The molecule has 0 bridgehead atoms. The topological polar surface area (TPSA) is 101 Å². The number of fused-ring (bicyclic) bond motifs is 1. The molecule has 27 heavy (non-hydrogen) atoms. The minimum Gasteiger partial charge on any atom is -0.303 e. The van der Waals surface area contributed by atoms with E-state index in [0.29, 0.717) is 22.6 Å². The molecule has 3 heterocycles. The molecule has 4 rings (SSSR count). The van der Waals surface area contributed by atoms with Crippen LogP contribution >= 0.6 is 0 Å². The average Bonchev–Trinajstić information content (AvgIpc) is 3.26. The standard InChI is InChI=1S/C18H16FN7O/c1-10-3-6-15-20-17(12-4-5-13(19)11(2)7-12)14(26(15)9-10)8-16(27)21-18-22-24-25-23-18/h3-7,9H,8H2,1-2H3,(H2,21,22,23,24,25,27). The highest BCUT2D eigenvalue weighted by atomic mass is 19.1. The summed E-state index contributed by atoms with van der Waals surface area (Å²) >= 11 is 0. The molecule has 0 spiro atoms. The second-order valence-electron chi connectivity index (χ2n) is 6.27. The molecule has 0 fully saturated rings. The summed E-state index contributed by atoms with van der Waals surface area (Å²) in [5, 5.41) is 15.7. The van der Waals surface area contributed by atoms with Crippen LogP contribution in [0.2, 0.25) is 0 Å². The largest absolute Gasteiger partial charge is 0.303 e. The number of aromatic nitrogens is 6. The van der Waals surface area contributed by atoms with Crippen LogP contribution in [-0.2, 0) is 11.2 Å². The van der Waals surface area contributed by atoms with Gasteiger partial charge in [0.1, 0.15) is 11.5 Å². The third-order valence-electron chi connectivity index (χ3n) is 4.22. The number of imidazole rings is 1. The Morgan fingerprint density at radius 1 is 1.26 bits per heavy atom. The fourth-order valence-corrected chi connectivity index (χ4v) is 2.93. The summed E-state index contributed by atoms with van der Waals surface area (Å²) in [5.41, 5.74) is 4.33. The third-order valence-corrected chi connectivity index (χ3v) is 4.22. The number of aryl methyl sites for hydroxylation is 2. The number of H-pyrrole nitrogens is 1. The minimum absolute atomic E-state index is 0.0465. The van der Waals surface area contributed by atoms with Crippen molar-refractivity contribution in [3.8, 4) is 11.3 Å². The zero-order chi connectivity index (χ0) is 19.0. The van der Waals surface area contributed by atoms with E-state index in [1.165, 1.54) is 6.07 Å². The Bertz CT molecular complexity index is 1130. The van der Waals surface area contributed by atoms with Crippen LogP contribution in [0, 0.1) is 19.7 Å². The first-order valence-electron chi connectivity index (χ1n) is 8.28. The van der Waals surface area contributed by atoms with Crippen LogP contribution in [0.4, 0.5) is 10.3 Å². The fourth-order valence-electron chi connectivity index (χ4n) is 2.93. The Morgan fingerprint density at radius 3 is 2.85 bits per heavy atom. The summed E-state index contributed by atoms with van der Waals surface area (Å²) in [4.78, 5) is 17.1. The molecule has 0 aliphatic rings. The molecule has 0 unspecified atom stereocenters. The van der Waals surface area contributed by atoms with E-state index in [9.17, 15) is 9.18 Å². The van der Waals surface area contributed by atoms with E-state index in [1.54, 1.807) is 19.1 Å². The number of hydrogen-bond donors (Lipinski definition) is 2. The Hall–Kier alpha value is -3.62. The SMILES string of the molecule is Cc1ccc2nc(-c3ccc(F)c(C)c3)c(CC(=O)Nc3nn[nH]n3)n2c1. The summed E-state index contributed by atoms with van der Waals surface area (Å²) in [6.45, 7) is 3.66. The van der Waals surface area contributed by atoms with Crippen molar-refractivity contribution in [3.63, 3.8) is 0 Å². The highest BCUT2D eigenvalue weighted by molar-refractivity contribution is 5.91. The molecule has 9 heteroatoms. The Morgan fingerprint density at radius 2 is 2.11 bits per heavy atom. The van der Waals surface area contributed by atoms with E-state index < -0.39 is 0 Å². The normalized spacial score (nSPS) is 11.1. The number of rotatable bonds is 4. The number of carbonyl (C=O) groups is 1. The summed E-state index contributed by atoms with van der Waals surface area (Å²) < 4.78 is 15.6. The lowest BCUT2D eigenvalue weighted by Crippen LogP contribution is -2.17. The van der Waals surface area contributed by atoms with E-state index >= 15 is 0 Å². The van der Waals surface area contributed by atoms with Gasteiger partial charge in [0, 0.05) is 11.8 Å². The predicted octanol–water partition coefficient (Wildman–Crippen LogP) is 2.45. The van der Waals surface area contributed by atoms with Gasteiger partial charge in [-0.25, -0.2) is 9.37 Å². The second-order valence-corrected chi connectivity index (χ2v) is 6.27. The van der Waals surface area contributed by atoms with Crippen molar-refractivity contribution in [2.75, 3.05) is 5.32 Å². The molecular weight excluding hydrogens is 349 g/mol. The van der Waals surface area contributed by atoms with Gasteiger partial charge in [0.15, 0.2) is 0 Å². The van der Waals surface area contributed by atoms with E-state index in [4.69, 9.17) is 0 Å². The Labute approximate surface area is 153 Å². The molecule has 8 nitrogen and oxygen atoms in total. The van der Waals surface area contributed by atoms with Crippen LogP contribution in [0.15, 0.2) is 36.5 Å². The second kappa shape index (κ2) is 6.60. The third kappa shape index (κ3) is 3.26. The molecule has 0 radical (unpaired) electrons. The van der Waals surface area contributed by atoms with Gasteiger partial charge in [0.2, 0.25) is 5.91 Å². The Balaban J connectivity index is 1.79. The number of aromatic amines is 1. The maximum atomic E-state index is 13.7. The van der Waals surface area contributed by atoms with Crippen molar-refractivity contribution in [3.05, 3.63) is 59.2 Å². The van der Waals surface area contributed by atoms with E-state index in [0.717, 1.165) is 11.1 Å². The monoisotopic (exact) mass is 365 g/mol. The van der Waals surface area contributed by atoms with Crippen molar-refractivity contribution in [1.29, 1.82) is 0 Å². The van der Waals surface area contributed by atoms with Crippen LogP contribution < -0.4 is 5.32 Å². The summed E-state index contributed by atoms with van der Waals surface area (Å²) in [7, 11) is 0. The van der Waals surface area contributed by atoms with Crippen molar-refractivity contribution in [1.82, 2.24) is 30.0 Å². The van der Waals surface area contributed by atoms with Gasteiger partial charge in [0.25, 0.3) is 5.95 Å². The van der Waals surface area contributed by atoms with E-state index in [-0.39, 0.29) is 24.1 Å². The highest BCUT2D eigenvalue weighted by Crippen LogP contribution is 2.27. The molecule has 3 aromatic heterocycles. The molecule has 136 valence electrons. The van der Waals surface area contributed by atoms with Crippen LogP contribution in [0.1, 0.15) is 16.8 Å². The highest BCUT2D eigenvalue weighted by Gasteiger charge is 2.18. The van der Waals surface area contributed by atoms with Gasteiger partial charge < -0.3 is 4.40 Å². The summed E-state index contributed by atoms with van der Waals surface area (Å²) in [6, 6.07) is 8.63. The molecule has 0 aliphatic carbocycles. The first-order valence-corrected chi connectivity index (χ1v) is 8.28. The number of pyridine rings is 1. The molecule has 4 aromatic rings. The van der Waals surface area contributed by atoms with Gasteiger partial charge in [-0.15, -0.1) is 5.10 Å². The number of nitrogens with one attached hydrogen (secondary N) is 2. The minimum atomic E-state index is -0.306. The number of halogens is 1. The molecule has 1 aromatic carbocycles. The maximum absolute atomic E-state index is 13.7. The zero-order valence-corrected chi connectivity index (χ0v) is 14.7. The van der Waals surface area contributed by atoms with Crippen molar-refractivity contribution >= 4 is 17.5 Å². The van der Waals surface area contributed by atoms with Gasteiger partial charge in [-0.2, -0.15) is 5.21 Å². The Kier molecular flexibility index (Phi) is 4.11. The number of tetrazole rings is 1. The van der Waals surface area contributed by atoms with Crippen LogP contribution in [-0.4, -0.2) is 35.9 Å². The number of carbonyl (C=O) groups excluding carboxylic acids is 1.